The summed E-state index contributed by atoms with van der Waals surface area (Å²) in [5.41, 5.74) is -2.30. The van der Waals surface area contributed by atoms with Crippen molar-refractivity contribution in [2.24, 2.45) is 0 Å². The minimum atomic E-state index is -5.02. The first kappa shape index (κ1) is 32.0. The number of hydrogen-bond donors (Lipinski definition) is 0. The molecule has 5 nitrogen and oxygen atoms in total. The molecule has 2 aromatic carbocycles. The molecule has 0 saturated carbocycles. The molecule has 5 rings (SSSR count). The van der Waals surface area contributed by atoms with E-state index in [1.54, 1.807) is 6.07 Å². The molecular weight excluding hydrogens is 610 g/mol. The minimum Gasteiger partial charge on any atom is -0.298 e. The van der Waals surface area contributed by atoms with Crippen molar-refractivity contribution in [1.82, 2.24) is 14.8 Å². The quantitative estimate of drug-likeness (QED) is 0.138. The molecule has 0 bridgehead atoms. The van der Waals surface area contributed by atoms with E-state index in [1.165, 1.54) is 31.3 Å². The maximum Gasteiger partial charge on any atom is 0.435 e. The van der Waals surface area contributed by atoms with Crippen LogP contribution in [0.15, 0.2) is 54.7 Å². The second kappa shape index (κ2) is 12.2. The van der Waals surface area contributed by atoms with Crippen molar-refractivity contribution in [3.8, 4) is 11.1 Å². The molecule has 2 aromatic heterocycles. The predicted octanol–water partition coefficient (Wildman–Crippen LogP) is 8.00. The van der Waals surface area contributed by atoms with Crippen molar-refractivity contribution in [3.05, 3.63) is 106 Å². The Morgan fingerprint density at radius 3 is 2.40 bits per heavy atom. The number of pyridine rings is 1. The average Bonchev–Trinajstić information content (AvgIpc) is 3.32. The number of benzene rings is 2. The Hall–Kier alpha value is -4.42. The van der Waals surface area contributed by atoms with E-state index in [2.05, 4.69) is 10.1 Å². The second-order valence-electron chi connectivity index (χ2n) is 11.0. The van der Waals surface area contributed by atoms with Gasteiger partial charge in [-0.2, -0.15) is 27.1 Å². The number of Topliss-reactive ketones (excluding diaryl/α,β-unsaturated/α-hetero) is 2. The lowest BCUT2D eigenvalue weighted by Crippen LogP contribution is -2.27. The van der Waals surface area contributed by atoms with Gasteiger partial charge < -0.3 is 0 Å². The zero-order valence-electron chi connectivity index (χ0n) is 23.7. The fourth-order valence-corrected chi connectivity index (χ4v) is 5.83. The van der Waals surface area contributed by atoms with Gasteiger partial charge in [-0.3, -0.25) is 19.3 Å². The van der Waals surface area contributed by atoms with Gasteiger partial charge in [-0.05, 0) is 67.6 Å². The van der Waals surface area contributed by atoms with Gasteiger partial charge in [0, 0.05) is 42.1 Å². The van der Waals surface area contributed by atoms with Crippen LogP contribution in [-0.2, 0) is 36.3 Å². The van der Waals surface area contributed by atoms with Crippen LogP contribution < -0.4 is 0 Å². The highest BCUT2D eigenvalue weighted by Crippen LogP contribution is 2.45. The number of ketones is 2. The van der Waals surface area contributed by atoms with Crippen molar-refractivity contribution in [2.45, 2.75) is 63.6 Å². The number of nitrogens with zero attached hydrogens (tertiary/aromatic N) is 3. The Kier molecular flexibility index (Phi) is 8.65. The van der Waals surface area contributed by atoms with E-state index in [1.807, 2.05) is 0 Å². The highest BCUT2D eigenvalue weighted by atomic mass is 19.4. The van der Waals surface area contributed by atoms with Gasteiger partial charge in [0.05, 0.1) is 11.3 Å². The monoisotopic (exact) mass is 635 g/mol. The van der Waals surface area contributed by atoms with Gasteiger partial charge in [0.15, 0.2) is 17.3 Å². The number of rotatable bonds is 9. The third-order valence-corrected chi connectivity index (χ3v) is 7.67. The van der Waals surface area contributed by atoms with E-state index in [0.717, 1.165) is 18.2 Å². The van der Waals surface area contributed by atoms with E-state index < -0.39 is 83.4 Å². The number of fused-ring (bicyclic) bond motifs is 1. The van der Waals surface area contributed by atoms with Gasteiger partial charge in [-0.15, -0.1) is 0 Å². The highest BCUT2D eigenvalue weighted by Gasteiger charge is 2.48. The summed E-state index contributed by atoms with van der Waals surface area (Å²) in [6, 6.07) is 9.57. The molecule has 2 heterocycles. The average molecular weight is 636 g/mol. The van der Waals surface area contributed by atoms with Gasteiger partial charge >= 0.3 is 6.18 Å². The third kappa shape index (κ3) is 6.81. The maximum atomic E-state index is 14.9. The van der Waals surface area contributed by atoms with Gasteiger partial charge in [0.25, 0.3) is 5.92 Å². The number of carbonyl (C=O) groups is 2. The summed E-state index contributed by atoms with van der Waals surface area (Å²) in [5.74, 6) is -8.53. The van der Waals surface area contributed by atoms with Crippen LogP contribution >= 0.6 is 0 Å². The van der Waals surface area contributed by atoms with Crippen LogP contribution in [0.3, 0.4) is 0 Å². The summed E-state index contributed by atoms with van der Waals surface area (Å²) in [6.45, 7) is 0.253. The normalized spacial score (nSPS) is 15.0. The van der Waals surface area contributed by atoms with Crippen LogP contribution in [0.25, 0.3) is 11.1 Å². The number of halogens is 8. The van der Waals surface area contributed by atoms with Crippen LogP contribution in [0.4, 0.5) is 35.1 Å². The van der Waals surface area contributed by atoms with Gasteiger partial charge in [-0.1, -0.05) is 12.1 Å². The lowest BCUT2D eigenvalue weighted by Gasteiger charge is -2.24. The highest BCUT2D eigenvalue weighted by molar-refractivity contribution is 5.95. The summed E-state index contributed by atoms with van der Waals surface area (Å²) < 4.78 is 114. The molecule has 1 aliphatic carbocycles. The van der Waals surface area contributed by atoms with E-state index in [0.29, 0.717) is 21.9 Å². The molecule has 13 heteroatoms. The standard InChI is InChI=1S/C32H25F8N3O2/c1-17(44)26-14-19(6-7-27(26)35)24-5-3-9-41-28(24)20(10-18-11-21(33)15-22(34)12-18)13-23(45)16-43-30-25(4-2-8-31(30,36)37)29(42-43)32(38,39)40/h3,5-7,9,11-12,14-15,20H,2,4,8,10,13,16H2,1H3/t20-/m1/s1. The number of hydrogen-bond acceptors (Lipinski definition) is 4. The van der Waals surface area contributed by atoms with Crippen LogP contribution in [0.2, 0.25) is 0 Å². The van der Waals surface area contributed by atoms with Gasteiger partial charge in [-0.25, -0.2) is 13.2 Å². The van der Waals surface area contributed by atoms with E-state index in [4.69, 9.17) is 0 Å². The molecular formula is C32H25F8N3O2. The molecule has 0 amide bonds. The Bertz CT molecular complexity index is 1760. The lowest BCUT2D eigenvalue weighted by atomic mass is 9.86. The second-order valence-corrected chi connectivity index (χ2v) is 11.0. The van der Waals surface area contributed by atoms with Crippen LogP contribution in [0.1, 0.15) is 70.7 Å². The summed E-state index contributed by atoms with van der Waals surface area (Å²) in [6.07, 6.45) is -5.51. The topological polar surface area (TPSA) is 64.8 Å². The molecule has 45 heavy (non-hydrogen) atoms. The van der Waals surface area contributed by atoms with Crippen molar-refractivity contribution in [1.29, 1.82) is 0 Å². The Morgan fingerprint density at radius 1 is 1.02 bits per heavy atom. The van der Waals surface area contributed by atoms with Crippen LogP contribution in [0, 0.1) is 17.5 Å². The Morgan fingerprint density at radius 2 is 1.73 bits per heavy atom. The SMILES string of the molecule is CC(=O)c1cc(-c2cccnc2[C@@H](CC(=O)Cn2nc(C(F)(F)F)c3c2C(F)(F)CCC3)Cc2cc(F)cc(F)c2)ccc1F. The first-order chi connectivity index (χ1) is 21.1. The molecule has 1 atom stereocenters. The number of aromatic nitrogens is 3. The minimum absolute atomic E-state index is 0.118. The van der Waals surface area contributed by atoms with Crippen LogP contribution in [0.5, 0.6) is 0 Å². The summed E-state index contributed by atoms with van der Waals surface area (Å²) in [5, 5.41) is 3.39. The molecule has 236 valence electrons. The summed E-state index contributed by atoms with van der Waals surface area (Å²) in [7, 11) is 0. The largest absolute Gasteiger partial charge is 0.435 e. The van der Waals surface area contributed by atoms with E-state index in [-0.39, 0.29) is 36.1 Å². The Balaban J connectivity index is 1.55. The molecule has 0 saturated heterocycles. The molecule has 0 radical (unpaired) electrons. The summed E-state index contributed by atoms with van der Waals surface area (Å²) in [4.78, 5) is 29.8. The first-order valence-electron chi connectivity index (χ1n) is 13.9. The fourth-order valence-electron chi connectivity index (χ4n) is 5.83. The molecule has 1 aliphatic rings. The van der Waals surface area contributed by atoms with Crippen molar-refractivity contribution < 1.29 is 44.7 Å². The van der Waals surface area contributed by atoms with Crippen LogP contribution in [-0.4, -0.2) is 26.3 Å². The Labute approximate surface area is 251 Å². The fraction of sp³-hybridized carbons (Fsp3) is 0.312. The van der Waals surface area contributed by atoms with Crippen molar-refractivity contribution in [2.75, 3.05) is 0 Å². The van der Waals surface area contributed by atoms with Crippen molar-refractivity contribution in [3.63, 3.8) is 0 Å². The zero-order chi connectivity index (χ0) is 32.7. The molecule has 0 aliphatic heterocycles. The third-order valence-electron chi connectivity index (χ3n) is 7.67. The van der Waals surface area contributed by atoms with E-state index >= 15 is 0 Å². The lowest BCUT2D eigenvalue weighted by molar-refractivity contribution is -0.142. The predicted molar refractivity (Wildman–Crippen MR) is 146 cm³/mol. The smallest absolute Gasteiger partial charge is 0.298 e. The maximum absolute atomic E-state index is 14.9. The number of carbonyl (C=O) groups excluding carboxylic acids is 2. The number of alkyl halides is 5. The first-order valence-corrected chi connectivity index (χ1v) is 13.9. The van der Waals surface area contributed by atoms with Crippen molar-refractivity contribution >= 4 is 11.6 Å². The molecule has 4 aromatic rings. The van der Waals surface area contributed by atoms with Gasteiger partial charge in [0.1, 0.15) is 29.7 Å². The molecule has 0 unspecified atom stereocenters. The summed E-state index contributed by atoms with van der Waals surface area (Å²) >= 11 is 0. The molecule has 0 fully saturated rings. The van der Waals surface area contributed by atoms with Gasteiger partial charge in [0.2, 0.25) is 0 Å². The molecule has 0 N–H and O–H groups in total. The molecule has 0 spiro atoms. The zero-order valence-corrected chi connectivity index (χ0v) is 23.7. The van der Waals surface area contributed by atoms with E-state index in [9.17, 15) is 44.7 Å².